The molecule has 0 atom stereocenters. The predicted octanol–water partition coefficient (Wildman–Crippen LogP) is 3.87. The van der Waals surface area contributed by atoms with Gasteiger partial charge in [0.1, 0.15) is 11.3 Å². The van der Waals surface area contributed by atoms with Gasteiger partial charge in [-0.2, -0.15) is 0 Å². The summed E-state index contributed by atoms with van der Waals surface area (Å²) in [5, 5.41) is 5.65. The van der Waals surface area contributed by atoms with Gasteiger partial charge in [-0.1, -0.05) is 30.9 Å². The molecular formula is C29H22N4O2. The van der Waals surface area contributed by atoms with Gasteiger partial charge >= 0.3 is 0 Å². The molecule has 0 aliphatic rings. The van der Waals surface area contributed by atoms with Crippen LogP contribution in [0, 0.1) is 0 Å². The summed E-state index contributed by atoms with van der Waals surface area (Å²) in [4.78, 5) is 37.1. The third-order valence-electron chi connectivity index (χ3n) is 6.59. The summed E-state index contributed by atoms with van der Waals surface area (Å²) in [5.74, 6) is 0. The van der Waals surface area contributed by atoms with E-state index in [1.807, 2.05) is 63.3 Å². The van der Waals surface area contributed by atoms with Gasteiger partial charge in [-0.05, 0) is 63.3 Å². The number of benzene rings is 2. The molecule has 6 aromatic rings. The van der Waals surface area contributed by atoms with E-state index in [2.05, 4.69) is 6.58 Å². The summed E-state index contributed by atoms with van der Waals surface area (Å²) in [6.45, 7) is 9.53. The van der Waals surface area contributed by atoms with E-state index in [9.17, 15) is 9.59 Å². The maximum absolute atomic E-state index is 13.8. The van der Waals surface area contributed by atoms with Crippen LogP contribution in [0.5, 0.6) is 0 Å². The molecular weight excluding hydrogens is 436 g/mol. The van der Waals surface area contributed by atoms with Crippen LogP contribution in [0.4, 0.5) is 0 Å². The second-order valence-corrected chi connectivity index (χ2v) is 8.46. The highest BCUT2D eigenvalue weighted by Gasteiger charge is 2.22. The number of rotatable bonds is 3. The van der Waals surface area contributed by atoms with Crippen LogP contribution in [0.3, 0.4) is 0 Å². The fraction of sp³-hybridized carbons (Fsp3) is 0.103. The molecule has 0 radical (unpaired) electrons. The standard InChI is InChI=1S/C29H22N4O2/c1-5-9-21-23(11-7-3)33-27(31-21)17-13-12-16-24-18(14-15-19(25(17)24)29(33)35)28(34)32-22(10-6-2)20(8-4)30-26(16)32/h5-15H,2H2,1,3-4H3/b9-5-,11-7-,20-8+,22-10+. The Hall–Kier alpha value is -4.58. The van der Waals surface area contributed by atoms with E-state index in [0.717, 1.165) is 32.9 Å². The van der Waals surface area contributed by atoms with Crippen LogP contribution in [-0.4, -0.2) is 18.8 Å². The van der Waals surface area contributed by atoms with Gasteiger partial charge in [-0.3, -0.25) is 18.4 Å². The van der Waals surface area contributed by atoms with Crippen molar-refractivity contribution in [2.45, 2.75) is 20.8 Å². The molecule has 0 fully saturated rings. The van der Waals surface area contributed by atoms with E-state index in [4.69, 9.17) is 9.97 Å². The van der Waals surface area contributed by atoms with Gasteiger partial charge in [0.15, 0.2) is 0 Å². The van der Waals surface area contributed by atoms with Crippen molar-refractivity contribution in [1.29, 1.82) is 0 Å². The topological polar surface area (TPSA) is 68.7 Å². The predicted molar refractivity (Wildman–Crippen MR) is 145 cm³/mol. The molecule has 4 heterocycles. The molecule has 0 saturated heterocycles. The van der Waals surface area contributed by atoms with Crippen molar-refractivity contribution in [3.63, 3.8) is 0 Å². The first-order valence-electron chi connectivity index (χ1n) is 11.5. The third-order valence-corrected chi connectivity index (χ3v) is 6.59. The molecule has 170 valence electrons. The zero-order chi connectivity index (χ0) is 24.4. The van der Waals surface area contributed by atoms with E-state index >= 15 is 0 Å². The number of hydrogen-bond acceptors (Lipinski definition) is 4. The Labute approximate surface area is 199 Å². The summed E-state index contributed by atoms with van der Waals surface area (Å²) < 4.78 is 3.30. The van der Waals surface area contributed by atoms with Crippen molar-refractivity contribution in [3.8, 4) is 0 Å². The molecule has 0 bridgehead atoms. The monoisotopic (exact) mass is 458 g/mol. The summed E-state index contributed by atoms with van der Waals surface area (Å²) in [6.07, 6.45) is 12.9. The van der Waals surface area contributed by atoms with Crippen LogP contribution in [-0.2, 0) is 0 Å². The van der Waals surface area contributed by atoms with Crippen molar-refractivity contribution in [2.24, 2.45) is 0 Å². The smallest absolute Gasteiger partial charge is 0.264 e. The van der Waals surface area contributed by atoms with E-state index in [0.29, 0.717) is 32.8 Å². The van der Waals surface area contributed by atoms with Crippen LogP contribution >= 0.6 is 0 Å². The van der Waals surface area contributed by atoms with E-state index in [1.54, 1.807) is 33.1 Å². The lowest BCUT2D eigenvalue weighted by Crippen LogP contribution is -2.32. The number of imidazole rings is 2. The van der Waals surface area contributed by atoms with Crippen LogP contribution in [0.25, 0.3) is 67.9 Å². The molecule has 4 aromatic heterocycles. The SMILES string of the molecule is C=C/C=c1\c(=C/C)nc2c3ccc4c5c(ccc(c(=O)n12)c35)c(=O)n1c(/C=C\C)c(/C=C\C)nc41. The van der Waals surface area contributed by atoms with E-state index in [-0.39, 0.29) is 11.1 Å². The maximum atomic E-state index is 13.8. The van der Waals surface area contributed by atoms with Crippen LogP contribution in [0.15, 0.2) is 58.7 Å². The quantitative estimate of drug-likeness (QED) is 0.378. The average molecular weight is 459 g/mol. The third kappa shape index (κ3) is 2.59. The first-order valence-corrected chi connectivity index (χ1v) is 11.5. The second kappa shape index (κ2) is 7.46. The van der Waals surface area contributed by atoms with Crippen molar-refractivity contribution in [1.82, 2.24) is 18.8 Å². The number of fused-ring (bicyclic) bond motifs is 4. The normalized spacial score (nSPS) is 14.0. The highest BCUT2D eigenvalue weighted by atomic mass is 16.1. The maximum Gasteiger partial charge on any atom is 0.264 e. The van der Waals surface area contributed by atoms with Gasteiger partial charge in [0.25, 0.3) is 11.1 Å². The van der Waals surface area contributed by atoms with E-state index in [1.165, 1.54) is 0 Å². The van der Waals surface area contributed by atoms with Crippen LogP contribution in [0.1, 0.15) is 32.2 Å². The average Bonchev–Trinajstić information content (AvgIpc) is 3.41. The van der Waals surface area contributed by atoms with Crippen molar-refractivity contribution in [2.75, 3.05) is 0 Å². The Morgan fingerprint density at radius 2 is 1.34 bits per heavy atom. The van der Waals surface area contributed by atoms with Crippen molar-refractivity contribution >= 4 is 67.9 Å². The summed E-state index contributed by atoms with van der Waals surface area (Å²) in [7, 11) is 0. The molecule has 0 aliphatic carbocycles. The Balaban J connectivity index is 1.95. The van der Waals surface area contributed by atoms with Gasteiger partial charge in [-0.15, -0.1) is 0 Å². The van der Waals surface area contributed by atoms with Gasteiger partial charge in [0.2, 0.25) is 0 Å². The molecule has 0 N–H and O–H groups in total. The first-order chi connectivity index (χ1) is 17.0. The zero-order valence-electron chi connectivity index (χ0n) is 19.7. The molecule has 6 rings (SSSR count). The highest BCUT2D eigenvalue weighted by molar-refractivity contribution is 6.27. The minimum Gasteiger partial charge on any atom is -0.268 e. The highest BCUT2D eigenvalue weighted by Crippen LogP contribution is 2.35. The van der Waals surface area contributed by atoms with Crippen molar-refractivity contribution in [3.05, 3.63) is 91.9 Å². The fourth-order valence-electron chi connectivity index (χ4n) is 5.22. The van der Waals surface area contributed by atoms with Crippen LogP contribution < -0.4 is 21.8 Å². The van der Waals surface area contributed by atoms with Crippen LogP contribution in [0.2, 0.25) is 0 Å². The van der Waals surface area contributed by atoms with Gasteiger partial charge in [-0.25, -0.2) is 9.97 Å². The summed E-state index contributed by atoms with van der Waals surface area (Å²) >= 11 is 0. The van der Waals surface area contributed by atoms with E-state index < -0.39 is 0 Å². The molecule has 0 saturated carbocycles. The molecule has 6 heteroatoms. The molecule has 6 nitrogen and oxygen atoms in total. The largest absolute Gasteiger partial charge is 0.268 e. The van der Waals surface area contributed by atoms with Gasteiger partial charge < -0.3 is 0 Å². The summed E-state index contributed by atoms with van der Waals surface area (Å²) in [6, 6.07) is 7.47. The Morgan fingerprint density at radius 1 is 0.771 bits per heavy atom. The molecule has 2 aromatic carbocycles. The number of nitrogens with zero attached hydrogens (tertiary/aromatic N) is 4. The lowest BCUT2D eigenvalue weighted by Gasteiger charge is -2.12. The molecule has 35 heavy (non-hydrogen) atoms. The number of allylic oxidation sites excluding steroid dienone is 3. The lowest BCUT2D eigenvalue weighted by molar-refractivity contribution is 1.09. The molecule has 0 aliphatic heterocycles. The Morgan fingerprint density at radius 3 is 1.91 bits per heavy atom. The minimum absolute atomic E-state index is 0.155. The lowest BCUT2D eigenvalue weighted by atomic mass is 9.96. The number of aromatic nitrogens is 4. The number of pyridine rings is 2. The fourth-order valence-corrected chi connectivity index (χ4v) is 5.22. The Bertz CT molecular complexity index is 2140. The van der Waals surface area contributed by atoms with Crippen molar-refractivity contribution < 1.29 is 0 Å². The Kier molecular flexibility index (Phi) is 4.48. The summed E-state index contributed by atoms with van der Waals surface area (Å²) in [5.41, 5.74) is 2.29. The van der Waals surface area contributed by atoms with Gasteiger partial charge in [0.05, 0.1) is 22.1 Å². The van der Waals surface area contributed by atoms with Gasteiger partial charge in [0, 0.05) is 32.3 Å². The zero-order valence-corrected chi connectivity index (χ0v) is 19.7. The molecule has 0 amide bonds. The second-order valence-electron chi connectivity index (χ2n) is 8.46. The minimum atomic E-state index is -0.171. The first kappa shape index (κ1) is 21.0. The number of hydrogen-bond donors (Lipinski definition) is 0. The molecule has 0 unspecified atom stereocenters. The molecule has 0 spiro atoms.